The first kappa shape index (κ1) is 24.8. The zero-order valence-corrected chi connectivity index (χ0v) is 21.4. The zero-order chi connectivity index (χ0) is 23.1. The lowest BCUT2D eigenvalue weighted by molar-refractivity contribution is 0.276. The van der Waals surface area contributed by atoms with Gasteiger partial charge < -0.3 is 0 Å². The second kappa shape index (κ2) is 11.9. The van der Waals surface area contributed by atoms with Gasteiger partial charge in [0.05, 0.1) is 0 Å². The van der Waals surface area contributed by atoms with Gasteiger partial charge in [-0.05, 0) is 91.4 Å². The van der Waals surface area contributed by atoms with Crippen LogP contribution < -0.4 is 0 Å². The van der Waals surface area contributed by atoms with Gasteiger partial charge in [-0.2, -0.15) is 0 Å². The molecule has 2 aromatic carbocycles. The maximum Gasteiger partial charge on any atom is -0.00228 e. The highest BCUT2D eigenvalue weighted by atomic mass is 14.3. The summed E-state index contributed by atoms with van der Waals surface area (Å²) in [7, 11) is 0. The minimum Gasteiger partial charge on any atom is -0.0999 e. The fourth-order valence-electron chi connectivity index (χ4n) is 5.69. The molecule has 2 aromatic rings. The Morgan fingerprint density at radius 3 is 2.28 bits per heavy atom. The second-order valence-electron chi connectivity index (χ2n) is 11.0. The summed E-state index contributed by atoms with van der Waals surface area (Å²) in [6.07, 6.45) is 11.6. The summed E-state index contributed by atoms with van der Waals surface area (Å²) in [5, 5.41) is 0. The van der Waals surface area contributed by atoms with Gasteiger partial charge in [-0.15, -0.1) is 0 Å². The molecule has 0 aliphatic heterocycles. The SMILES string of the molecule is C=C(CC)C[C@@H](C)c1ccc(C(CC(C)C)C2CCCCC2)c(Cc2ccc(C)cc2)c1. The van der Waals surface area contributed by atoms with E-state index in [0.717, 1.165) is 31.1 Å². The summed E-state index contributed by atoms with van der Waals surface area (Å²) in [5.41, 5.74) is 8.83. The lowest BCUT2D eigenvalue weighted by Crippen LogP contribution is -2.20. The number of benzene rings is 2. The van der Waals surface area contributed by atoms with Gasteiger partial charge in [-0.3, -0.25) is 0 Å². The molecule has 0 saturated heterocycles. The Balaban J connectivity index is 1.99. The predicted molar refractivity (Wildman–Crippen MR) is 142 cm³/mol. The van der Waals surface area contributed by atoms with E-state index in [1.807, 2.05) is 0 Å². The fourth-order valence-corrected chi connectivity index (χ4v) is 5.69. The first-order valence-corrected chi connectivity index (χ1v) is 13.2. The highest BCUT2D eigenvalue weighted by molar-refractivity contribution is 5.40. The van der Waals surface area contributed by atoms with E-state index in [4.69, 9.17) is 0 Å². The molecule has 0 heteroatoms. The molecule has 0 N–H and O–H groups in total. The molecule has 0 aromatic heterocycles. The molecule has 2 atom stereocenters. The third-order valence-electron chi connectivity index (χ3n) is 7.69. The van der Waals surface area contributed by atoms with Crippen molar-refractivity contribution in [1.29, 1.82) is 0 Å². The van der Waals surface area contributed by atoms with E-state index in [0.29, 0.717) is 11.8 Å². The summed E-state index contributed by atoms with van der Waals surface area (Å²) in [6, 6.07) is 16.7. The molecular weight excluding hydrogens is 384 g/mol. The first-order valence-electron chi connectivity index (χ1n) is 13.2. The molecule has 0 bridgehead atoms. The van der Waals surface area contributed by atoms with E-state index in [9.17, 15) is 0 Å². The van der Waals surface area contributed by atoms with E-state index in [2.05, 4.69) is 83.7 Å². The lowest BCUT2D eigenvalue weighted by Gasteiger charge is -2.33. The Morgan fingerprint density at radius 2 is 1.66 bits per heavy atom. The predicted octanol–water partition coefficient (Wildman–Crippen LogP) is 9.76. The average molecular weight is 431 g/mol. The van der Waals surface area contributed by atoms with Crippen molar-refractivity contribution in [3.8, 4) is 0 Å². The van der Waals surface area contributed by atoms with Gasteiger partial charge in [0.2, 0.25) is 0 Å². The van der Waals surface area contributed by atoms with E-state index in [-0.39, 0.29) is 0 Å². The van der Waals surface area contributed by atoms with Gasteiger partial charge in [0, 0.05) is 0 Å². The van der Waals surface area contributed by atoms with E-state index in [1.165, 1.54) is 60.8 Å². The smallest absolute Gasteiger partial charge is 0.00228 e. The van der Waals surface area contributed by atoms with Crippen molar-refractivity contribution in [2.24, 2.45) is 11.8 Å². The molecule has 1 unspecified atom stereocenters. The summed E-state index contributed by atoms with van der Waals surface area (Å²) in [6.45, 7) is 15.9. The monoisotopic (exact) mass is 430 g/mol. The molecule has 174 valence electrons. The van der Waals surface area contributed by atoms with Crippen molar-refractivity contribution < 1.29 is 0 Å². The van der Waals surface area contributed by atoms with Crippen LogP contribution in [-0.4, -0.2) is 0 Å². The molecule has 1 fully saturated rings. The van der Waals surface area contributed by atoms with Crippen LogP contribution in [-0.2, 0) is 6.42 Å². The number of rotatable bonds is 10. The third-order valence-corrected chi connectivity index (χ3v) is 7.69. The normalized spacial score (nSPS) is 16.8. The van der Waals surface area contributed by atoms with E-state index in [1.54, 1.807) is 11.1 Å². The van der Waals surface area contributed by atoms with Gasteiger partial charge in [-0.25, -0.2) is 0 Å². The Morgan fingerprint density at radius 1 is 0.969 bits per heavy atom. The summed E-state index contributed by atoms with van der Waals surface area (Å²) < 4.78 is 0. The highest BCUT2D eigenvalue weighted by Crippen LogP contribution is 2.42. The first-order chi connectivity index (χ1) is 15.4. The molecule has 32 heavy (non-hydrogen) atoms. The van der Waals surface area contributed by atoms with Crippen LogP contribution in [0.15, 0.2) is 54.6 Å². The van der Waals surface area contributed by atoms with Crippen molar-refractivity contribution in [2.75, 3.05) is 0 Å². The number of aryl methyl sites for hydroxylation is 1. The quantitative estimate of drug-likeness (QED) is 0.329. The Kier molecular flexibility index (Phi) is 9.21. The Bertz CT molecular complexity index is 848. The molecule has 0 spiro atoms. The minimum absolute atomic E-state index is 0.534. The number of hydrogen-bond acceptors (Lipinski definition) is 0. The van der Waals surface area contributed by atoms with Crippen LogP contribution in [0, 0.1) is 18.8 Å². The summed E-state index contributed by atoms with van der Waals surface area (Å²) in [4.78, 5) is 0. The largest absolute Gasteiger partial charge is 0.0999 e. The number of allylic oxidation sites excluding steroid dienone is 1. The second-order valence-corrected chi connectivity index (χ2v) is 11.0. The molecule has 1 aliphatic carbocycles. The molecule has 0 amide bonds. The minimum atomic E-state index is 0.534. The lowest BCUT2D eigenvalue weighted by atomic mass is 9.71. The van der Waals surface area contributed by atoms with Gasteiger partial charge >= 0.3 is 0 Å². The van der Waals surface area contributed by atoms with Crippen LogP contribution in [0.3, 0.4) is 0 Å². The number of hydrogen-bond donors (Lipinski definition) is 0. The van der Waals surface area contributed by atoms with Gasteiger partial charge in [0.15, 0.2) is 0 Å². The van der Waals surface area contributed by atoms with Crippen molar-refractivity contribution in [1.82, 2.24) is 0 Å². The van der Waals surface area contributed by atoms with Crippen molar-refractivity contribution >= 4 is 0 Å². The van der Waals surface area contributed by atoms with E-state index >= 15 is 0 Å². The highest BCUT2D eigenvalue weighted by Gasteiger charge is 2.28. The van der Waals surface area contributed by atoms with Crippen LogP contribution in [0.25, 0.3) is 0 Å². The van der Waals surface area contributed by atoms with Crippen LogP contribution >= 0.6 is 0 Å². The Labute approximate surface area is 198 Å². The zero-order valence-electron chi connectivity index (χ0n) is 21.4. The third kappa shape index (κ3) is 6.84. The average Bonchev–Trinajstić information content (AvgIpc) is 2.79. The van der Waals surface area contributed by atoms with Crippen LogP contribution in [0.1, 0.15) is 119 Å². The van der Waals surface area contributed by atoms with Gasteiger partial charge in [0.1, 0.15) is 0 Å². The van der Waals surface area contributed by atoms with Crippen molar-refractivity contribution in [2.45, 2.75) is 104 Å². The molecule has 0 nitrogen and oxygen atoms in total. The molecule has 3 rings (SSSR count). The standard InChI is InChI=1S/C32H46/c1-7-24(4)20-26(6)29-17-18-31(30(22-29)21-27-15-13-25(5)14-16-27)32(19-23(2)3)28-11-9-8-10-12-28/h13-18,22-23,26,28,32H,4,7-12,19-21H2,1-3,5-6H3/t26-,32?/m1/s1. The van der Waals surface area contributed by atoms with E-state index < -0.39 is 0 Å². The summed E-state index contributed by atoms with van der Waals surface area (Å²) >= 11 is 0. The maximum absolute atomic E-state index is 4.28. The van der Waals surface area contributed by atoms with Crippen molar-refractivity contribution in [3.05, 3.63) is 82.4 Å². The molecule has 0 heterocycles. The maximum atomic E-state index is 4.28. The topological polar surface area (TPSA) is 0 Å². The molecule has 1 saturated carbocycles. The molecule has 1 aliphatic rings. The molecular formula is C32H46. The fraction of sp³-hybridized carbons (Fsp3) is 0.562. The van der Waals surface area contributed by atoms with Gasteiger partial charge in [-0.1, -0.05) is 107 Å². The molecule has 0 radical (unpaired) electrons. The van der Waals surface area contributed by atoms with Crippen LogP contribution in [0.2, 0.25) is 0 Å². The Hall–Kier alpha value is -1.82. The van der Waals surface area contributed by atoms with Gasteiger partial charge in [0.25, 0.3) is 0 Å². The van der Waals surface area contributed by atoms with Crippen molar-refractivity contribution in [3.63, 3.8) is 0 Å². The summed E-state index contributed by atoms with van der Waals surface area (Å²) in [5.74, 6) is 2.82. The van der Waals surface area contributed by atoms with Crippen LogP contribution in [0.5, 0.6) is 0 Å². The van der Waals surface area contributed by atoms with Crippen LogP contribution in [0.4, 0.5) is 0 Å².